The molecule has 146 valence electrons. The summed E-state index contributed by atoms with van der Waals surface area (Å²) < 4.78 is 12.5. The molecule has 0 radical (unpaired) electrons. The van der Waals surface area contributed by atoms with Gasteiger partial charge in [0.2, 0.25) is 0 Å². The van der Waals surface area contributed by atoms with Crippen molar-refractivity contribution in [2.75, 3.05) is 33.3 Å². The van der Waals surface area contributed by atoms with Gasteiger partial charge in [0.05, 0.1) is 12.8 Å². The lowest BCUT2D eigenvalue weighted by atomic mass is 10.2. The molecule has 3 rings (SSSR count). The molecular formula is C19H26N4O4. The predicted molar refractivity (Wildman–Crippen MR) is 100 cm³/mol. The smallest absolute Gasteiger partial charge is 0.410 e. The third kappa shape index (κ3) is 3.84. The van der Waals surface area contributed by atoms with Crippen molar-refractivity contribution in [1.82, 2.24) is 19.2 Å². The predicted octanol–water partition coefficient (Wildman–Crippen LogP) is 2.34. The van der Waals surface area contributed by atoms with Crippen LogP contribution in [0.4, 0.5) is 4.79 Å². The van der Waals surface area contributed by atoms with Crippen molar-refractivity contribution in [3.63, 3.8) is 0 Å². The fourth-order valence-corrected chi connectivity index (χ4v) is 3.14. The summed E-state index contributed by atoms with van der Waals surface area (Å²) in [7, 11) is 1.58. The highest BCUT2D eigenvalue weighted by molar-refractivity contribution is 5.95. The van der Waals surface area contributed by atoms with Crippen LogP contribution in [0.15, 0.2) is 18.3 Å². The van der Waals surface area contributed by atoms with Crippen LogP contribution < -0.4 is 4.74 Å². The first-order valence-electron chi connectivity index (χ1n) is 9.00. The average molecular weight is 374 g/mol. The molecule has 8 nitrogen and oxygen atoms in total. The summed E-state index contributed by atoms with van der Waals surface area (Å²) in [4.78, 5) is 33.2. The molecule has 0 bridgehead atoms. The zero-order valence-electron chi connectivity index (χ0n) is 16.5. The first-order chi connectivity index (χ1) is 12.7. The van der Waals surface area contributed by atoms with Crippen LogP contribution in [-0.4, -0.2) is 70.1 Å². The number of rotatable bonds is 2. The number of ether oxygens (including phenoxy) is 2. The van der Waals surface area contributed by atoms with Gasteiger partial charge in [-0.05, 0) is 39.8 Å². The van der Waals surface area contributed by atoms with Crippen molar-refractivity contribution in [3.05, 3.63) is 29.7 Å². The van der Waals surface area contributed by atoms with Crippen LogP contribution in [-0.2, 0) is 4.74 Å². The van der Waals surface area contributed by atoms with Gasteiger partial charge in [0.25, 0.3) is 5.91 Å². The number of amides is 2. The van der Waals surface area contributed by atoms with Gasteiger partial charge in [-0.1, -0.05) is 0 Å². The van der Waals surface area contributed by atoms with E-state index in [1.165, 1.54) is 0 Å². The largest absolute Gasteiger partial charge is 0.493 e. The van der Waals surface area contributed by atoms with Crippen molar-refractivity contribution in [2.24, 2.45) is 0 Å². The fraction of sp³-hybridized carbons (Fsp3) is 0.526. The standard InChI is InChI=1S/C19H26N4O4/c1-13-15(23-8-6-7-14(26-5)16(23)20-13)17(24)21-9-11-22(12-10-21)18(25)27-19(2,3)4/h6-8H,9-12H2,1-5H3. The minimum Gasteiger partial charge on any atom is -0.493 e. The van der Waals surface area contributed by atoms with Crippen molar-refractivity contribution in [1.29, 1.82) is 0 Å². The number of hydrogen-bond donors (Lipinski definition) is 0. The molecular weight excluding hydrogens is 348 g/mol. The summed E-state index contributed by atoms with van der Waals surface area (Å²) in [5.41, 5.74) is 1.26. The van der Waals surface area contributed by atoms with Gasteiger partial charge in [0.15, 0.2) is 11.4 Å². The van der Waals surface area contributed by atoms with Gasteiger partial charge in [0.1, 0.15) is 11.3 Å². The first-order valence-corrected chi connectivity index (χ1v) is 9.00. The van der Waals surface area contributed by atoms with Gasteiger partial charge >= 0.3 is 6.09 Å². The van der Waals surface area contributed by atoms with Crippen LogP contribution in [0.3, 0.4) is 0 Å². The zero-order valence-corrected chi connectivity index (χ0v) is 16.5. The lowest BCUT2D eigenvalue weighted by Gasteiger charge is -2.35. The molecule has 0 N–H and O–H groups in total. The van der Waals surface area contributed by atoms with E-state index in [2.05, 4.69) is 4.98 Å². The highest BCUT2D eigenvalue weighted by Crippen LogP contribution is 2.23. The second-order valence-corrected chi connectivity index (χ2v) is 7.58. The quantitative estimate of drug-likeness (QED) is 0.806. The molecule has 2 amide bonds. The van der Waals surface area contributed by atoms with Crippen LogP contribution >= 0.6 is 0 Å². The highest BCUT2D eigenvalue weighted by Gasteiger charge is 2.30. The molecule has 0 unspecified atom stereocenters. The van der Waals surface area contributed by atoms with E-state index in [0.717, 1.165) is 0 Å². The van der Waals surface area contributed by atoms with Crippen molar-refractivity contribution >= 4 is 17.6 Å². The summed E-state index contributed by atoms with van der Waals surface area (Å²) in [5, 5.41) is 0. The summed E-state index contributed by atoms with van der Waals surface area (Å²) in [6, 6.07) is 3.64. The molecule has 0 saturated carbocycles. The Morgan fingerprint density at radius 1 is 1.11 bits per heavy atom. The summed E-state index contributed by atoms with van der Waals surface area (Å²) in [6.45, 7) is 9.13. The normalized spacial score (nSPS) is 15.1. The maximum atomic E-state index is 13.1. The number of carbonyl (C=O) groups excluding carboxylic acids is 2. The Kier molecular flexibility index (Phi) is 4.99. The molecule has 1 aliphatic heterocycles. The number of hydrogen-bond acceptors (Lipinski definition) is 5. The van der Waals surface area contributed by atoms with E-state index in [-0.39, 0.29) is 12.0 Å². The second-order valence-electron chi connectivity index (χ2n) is 7.58. The molecule has 2 aromatic rings. The molecule has 0 aromatic carbocycles. The molecule has 0 atom stereocenters. The van der Waals surface area contributed by atoms with Crippen LogP contribution in [0.2, 0.25) is 0 Å². The number of imidazole rings is 1. The molecule has 1 saturated heterocycles. The van der Waals surface area contributed by atoms with E-state index in [1.54, 1.807) is 21.3 Å². The van der Waals surface area contributed by atoms with Gasteiger partial charge in [-0.3, -0.25) is 9.20 Å². The topological polar surface area (TPSA) is 76.4 Å². The number of piperazine rings is 1. The lowest BCUT2D eigenvalue weighted by Crippen LogP contribution is -2.51. The van der Waals surface area contributed by atoms with Gasteiger partial charge < -0.3 is 19.3 Å². The van der Waals surface area contributed by atoms with E-state index < -0.39 is 5.60 Å². The molecule has 1 fully saturated rings. The second kappa shape index (κ2) is 7.09. The zero-order chi connectivity index (χ0) is 19.8. The van der Waals surface area contributed by atoms with Gasteiger partial charge in [0, 0.05) is 32.4 Å². The molecule has 1 aliphatic rings. The molecule has 3 heterocycles. The van der Waals surface area contributed by atoms with E-state index in [0.29, 0.717) is 49.0 Å². The Morgan fingerprint density at radius 2 is 1.74 bits per heavy atom. The third-order valence-corrected chi connectivity index (χ3v) is 4.43. The number of aryl methyl sites for hydroxylation is 1. The summed E-state index contributed by atoms with van der Waals surface area (Å²) >= 11 is 0. The number of fused-ring (bicyclic) bond motifs is 1. The van der Waals surface area contributed by atoms with Crippen LogP contribution in [0.25, 0.3) is 5.65 Å². The average Bonchev–Trinajstić information content (AvgIpc) is 2.95. The Balaban J connectivity index is 1.74. The van der Waals surface area contributed by atoms with Crippen LogP contribution in [0.5, 0.6) is 5.75 Å². The van der Waals surface area contributed by atoms with Gasteiger partial charge in [-0.2, -0.15) is 0 Å². The van der Waals surface area contributed by atoms with Crippen LogP contribution in [0, 0.1) is 6.92 Å². The van der Waals surface area contributed by atoms with Crippen molar-refractivity contribution in [2.45, 2.75) is 33.3 Å². The van der Waals surface area contributed by atoms with Crippen molar-refractivity contribution in [3.8, 4) is 5.75 Å². The Labute approximate surface area is 158 Å². The molecule has 8 heteroatoms. The Bertz CT molecular complexity index is 860. The number of pyridine rings is 1. The van der Waals surface area contributed by atoms with E-state index in [4.69, 9.17) is 9.47 Å². The van der Waals surface area contributed by atoms with Crippen molar-refractivity contribution < 1.29 is 19.1 Å². The number of methoxy groups -OCH3 is 1. The molecule has 2 aromatic heterocycles. The van der Waals surface area contributed by atoms with E-state index >= 15 is 0 Å². The molecule has 27 heavy (non-hydrogen) atoms. The minimum atomic E-state index is -0.531. The van der Waals surface area contributed by atoms with E-state index in [9.17, 15) is 9.59 Å². The first kappa shape index (κ1) is 19.0. The Hall–Kier alpha value is -2.77. The fourth-order valence-electron chi connectivity index (χ4n) is 3.14. The number of carbonyl (C=O) groups is 2. The van der Waals surface area contributed by atoms with Gasteiger partial charge in [-0.25, -0.2) is 9.78 Å². The maximum Gasteiger partial charge on any atom is 0.410 e. The number of nitrogens with zero attached hydrogens (tertiary/aromatic N) is 4. The SMILES string of the molecule is COc1cccn2c(C(=O)N3CCN(C(=O)OC(C)(C)C)CC3)c(C)nc12. The minimum absolute atomic E-state index is 0.0999. The van der Waals surface area contributed by atoms with E-state index in [1.807, 2.05) is 46.0 Å². The molecule has 0 spiro atoms. The summed E-state index contributed by atoms with van der Waals surface area (Å²) in [6.07, 6.45) is 1.47. The Morgan fingerprint density at radius 3 is 2.33 bits per heavy atom. The third-order valence-electron chi connectivity index (χ3n) is 4.43. The maximum absolute atomic E-state index is 13.1. The lowest BCUT2D eigenvalue weighted by molar-refractivity contribution is 0.0140. The number of aromatic nitrogens is 2. The summed E-state index contributed by atoms with van der Waals surface area (Å²) in [5.74, 6) is 0.520. The monoisotopic (exact) mass is 374 g/mol. The molecule has 0 aliphatic carbocycles. The van der Waals surface area contributed by atoms with Gasteiger partial charge in [-0.15, -0.1) is 0 Å². The highest BCUT2D eigenvalue weighted by atomic mass is 16.6. The van der Waals surface area contributed by atoms with Crippen LogP contribution in [0.1, 0.15) is 37.0 Å².